The number of hydrogen-bond donors (Lipinski definition) is 1. The van der Waals surface area contributed by atoms with Crippen LogP contribution in [-0.4, -0.2) is 30.0 Å². The number of hydrogen-bond acceptors (Lipinski definition) is 4. The number of benzene rings is 1. The molecule has 0 aromatic heterocycles. The molecule has 0 fully saturated rings. The lowest BCUT2D eigenvalue weighted by Gasteiger charge is -2.06. The molecule has 1 N–H and O–H groups in total. The second-order valence-electron chi connectivity index (χ2n) is 4.48. The number of esters is 1. The first kappa shape index (κ1) is 16.6. The van der Waals surface area contributed by atoms with E-state index in [0.29, 0.717) is 6.61 Å². The Hall–Kier alpha value is -1.49. The van der Waals surface area contributed by atoms with Crippen molar-refractivity contribution in [3.05, 3.63) is 29.8 Å². The van der Waals surface area contributed by atoms with Gasteiger partial charge < -0.3 is 10.1 Å². The van der Waals surface area contributed by atoms with E-state index >= 15 is 0 Å². The Kier molecular flexibility index (Phi) is 7.80. The molecular formula is C15H21NO3S. The van der Waals surface area contributed by atoms with E-state index in [0.717, 1.165) is 24.1 Å². The maximum atomic E-state index is 11.7. The van der Waals surface area contributed by atoms with Gasteiger partial charge in [-0.2, -0.15) is 0 Å². The van der Waals surface area contributed by atoms with Gasteiger partial charge in [-0.05, 0) is 31.0 Å². The Morgan fingerprint density at radius 2 is 2.10 bits per heavy atom. The van der Waals surface area contributed by atoms with Gasteiger partial charge >= 0.3 is 5.97 Å². The summed E-state index contributed by atoms with van der Waals surface area (Å²) in [5.41, 5.74) is 1.87. The van der Waals surface area contributed by atoms with E-state index in [1.54, 1.807) is 0 Å². The van der Waals surface area contributed by atoms with Crippen molar-refractivity contribution in [1.82, 2.24) is 0 Å². The summed E-state index contributed by atoms with van der Waals surface area (Å²) in [6, 6.07) is 7.61. The van der Waals surface area contributed by atoms with E-state index in [-0.39, 0.29) is 23.4 Å². The fourth-order valence-electron chi connectivity index (χ4n) is 1.52. The Bertz CT molecular complexity index is 448. The van der Waals surface area contributed by atoms with E-state index in [2.05, 4.69) is 5.32 Å². The molecule has 0 aliphatic heterocycles. The molecule has 1 amide bonds. The smallest absolute Gasteiger partial charge is 0.315 e. The molecule has 1 aromatic carbocycles. The second-order valence-corrected chi connectivity index (χ2v) is 5.47. The van der Waals surface area contributed by atoms with Gasteiger partial charge in [-0.15, -0.1) is 11.8 Å². The molecule has 0 radical (unpaired) electrons. The third-order valence-electron chi connectivity index (χ3n) is 2.52. The van der Waals surface area contributed by atoms with Gasteiger partial charge in [-0.1, -0.05) is 25.5 Å². The first-order valence-corrected chi connectivity index (χ1v) is 7.87. The van der Waals surface area contributed by atoms with Crippen LogP contribution >= 0.6 is 11.8 Å². The maximum Gasteiger partial charge on any atom is 0.315 e. The third kappa shape index (κ3) is 7.19. The Labute approximate surface area is 124 Å². The lowest BCUT2D eigenvalue weighted by Crippen LogP contribution is -2.16. The van der Waals surface area contributed by atoms with Crippen molar-refractivity contribution in [2.45, 2.75) is 26.7 Å². The minimum Gasteiger partial charge on any atom is -0.465 e. The van der Waals surface area contributed by atoms with Gasteiger partial charge in [0, 0.05) is 5.69 Å². The number of rotatable bonds is 8. The largest absolute Gasteiger partial charge is 0.465 e. The molecule has 110 valence electrons. The van der Waals surface area contributed by atoms with E-state index in [1.165, 1.54) is 11.8 Å². The van der Waals surface area contributed by atoms with Gasteiger partial charge in [0.25, 0.3) is 0 Å². The zero-order valence-electron chi connectivity index (χ0n) is 12.0. The lowest BCUT2D eigenvalue weighted by atomic mass is 10.2. The molecule has 0 saturated carbocycles. The maximum absolute atomic E-state index is 11.7. The Morgan fingerprint density at radius 3 is 2.80 bits per heavy atom. The van der Waals surface area contributed by atoms with Gasteiger partial charge in [-0.3, -0.25) is 9.59 Å². The first-order valence-electron chi connectivity index (χ1n) is 6.71. The van der Waals surface area contributed by atoms with Crippen LogP contribution in [0.25, 0.3) is 0 Å². The normalized spacial score (nSPS) is 10.1. The average Bonchev–Trinajstić information content (AvgIpc) is 2.39. The van der Waals surface area contributed by atoms with Crippen LogP contribution in [0.3, 0.4) is 0 Å². The zero-order chi connectivity index (χ0) is 14.8. The molecule has 0 atom stereocenters. The summed E-state index contributed by atoms with van der Waals surface area (Å²) in [5, 5.41) is 2.80. The van der Waals surface area contributed by atoms with Crippen molar-refractivity contribution in [2.24, 2.45) is 0 Å². The van der Waals surface area contributed by atoms with Crippen molar-refractivity contribution >= 4 is 29.3 Å². The standard InChI is InChI=1S/C15H21NO3S/c1-3-4-8-19-15(18)11-20-10-14(17)16-13-7-5-6-12(2)9-13/h5-7,9H,3-4,8,10-11H2,1-2H3,(H,16,17). The van der Waals surface area contributed by atoms with Crippen LogP contribution in [0.15, 0.2) is 24.3 Å². The topological polar surface area (TPSA) is 55.4 Å². The van der Waals surface area contributed by atoms with Crippen LogP contribution in [0, 0.1) is 6.92 Å². The SMILES string of the molecule is CCCCOC(=O)CSCC(=O)Nc1cccc(C)c1. The molecule has 1 aromatic rings. The van der Waals surface area contributed by atoms with E-state index in [9.17, 15) is 9.59 Å². The van der Waals surface area contributed by atoms with Gasteiger partial charge in [0.1, 0.15) is 0 Å². The highest BCUT2D eigenvalue weighted by atomic mass is 32.2. The summed E-state index contributed by atoms with van der Waals surface area (Å²) >= 11 is 1.26. The van der Waals surface area contributed by atoms with Crippen LogP contribution in [0.1, 0.15) is 25.3 Å². The lowest BCUT2D eigenvalue weighted by molar-refractivity contribution is -0.140. The van der Waals surface area contributed by atoms with Gasteiger partial charge in [0.15, 0.2) is 0 Å². The van der Waals surface area contributed by atoms with Crippen molar-refractivity contribution in [3.63, 3.8) is 0 Å². The van der Waals surface area contributed by atoms with Gasteiger partial charge in [0.05, 0.1) is 18.1 Å². The average molecular weight is 295 g/mol. The number of ether oxygens (including phenoxy) is 1. The summed E-state index contributed by atoms with van der Waals surface area (Å²) in [4.78, 5) is 23.0. The molecule has 0 spiro atoms. The van der Waals surface area contributed by atoms with Crippen molar-refractivity contribution in [3.8, 4) is 0 Å². The fraction of sp³-hybridized carbons (Fsp3) is 0.467. The molecule has 0 aliphatic carbocycles. The minimum atomic E-state index is -0.258. The second kappa shape index (κ2) is 9.42. The number of aryl methyl sites for hydroxylation is 1. The fourth-order valence-corrected chi connectivity index (χ4v) is 2.13. The minimum absolute atomic E-state index is 0.109. The number of amides is 1. The molecule has 1 rings (SSSR count). The van der Waals surface area contributed by atoms with E-state index in [4.69, 9.17) is 4.74 Å². The van der Waals surface area contributed by atoms with Crippen molar-refractivity contribution in [1.29, 1.82) is 0 Å². The molecule has 0 bridgehead atoms. The molecule has 4 nitrogen and oxygen atoms in total. The number of carbonyl (C=O) groups is 2. The van der Waals surface area contributed by atoms with Gasteiger partial charge in [0.2, 0.25) is 5.91 Å². The molecule has 20 heavy (non-hydrogen) atoms. The number of anilines is 1. The number of thioether (sulfide) groups is 1. The summed E-state index contributed by atoms with van der Waals surface area (Å²) in [5.74, 6) is 0.0932. The highest BCUT2D eigenvalue weighted by molar-refractivity contribution is 8.00. The Morgan fingerprint density at radius 1 is 1.30 bits per heavy atom. The van der Waals surface area contributed by atoms with Crippen LogP contribution in [-0.2, 0) is 14.3 Å². The van der Waals surface area contributed by atoms with Crippen molar-refractivity contribution in [2.75, 3.05) is 23.4 Å². The van der Waals surface area contributed by atoms with E-state index < -0.39 is 0 Å². The predicted molar refractivity (Wildman–Crippen MR) is 83.0 cm³/mol. The predicted octanol–water partition coefficient (Wildman–Crippen LogP) is 3.01. The van der Waals surface area contributed by atoms with Crippen LogP contribution in [0.4, 0.5) is 5.69 Å². The van der Waals surface area contributed by atoms with E-state index in [1.807, 2.05) is 38.1 Å². The monoisotopic (exact) mass is 295 g/mol. The number of nitrogens with one attached hydrogen (secondary N) is 1. The summed E-state index contributed by atoms with van der Waals surface area (Å²) in [6.07, 6.45) is 1.88. The Balaban J connectivity index is 2.18. The summed E-state index contributed by atoms with van der Waals surface area (Å²) < 4.78 is 5.01. The highest BCUT2D eigenvalue weighted by Crippen LogP contribution is 2.10. The highest BCUT2D eigenvalue weighted by Gasteiger charge is 2.07. The van der Waals surface area contributed by atoms with Crippen LogP contribution < -0.4 is 5.32 Å². The molecule has 0 aliphatic rings. The number of carbonyl (C=O) groups excluding carboxylic acids is 2. The van der Waals surface area contributed by atoms with Crippen molar-refractivity contribution < 1.29 is 14.3 Å². The zero-order valence-corrected chi connectivity index (χ0v) is 12.8. The van der Waals surface area contributed by atoms with Crippen LogP contribution in [0.2, 0.25) is 0 Å². The summed E-state index contributed by atoms with van der Waals surface area (Å²) in [6.45, 7) is 4.47. The molecule has 0 unspecified atom stereocenters. The molecule has 0 saturated heterocycles. The molecule has 0 heterocycles. The quantitative estimate of drug-likeness (QED) is 0.591. The van der Waals surface area contributed by atoms with Gasteiger partial charge in [-0.25, -0.2) is 0 Å². The van der Waals surface area contributed by atoms with Crippen LogP contribution in [0.5, 0.6) is 0 Å². The first-order chi connectivity index (χ1) is 9.61. The molecule has 5 heteroatoms. The molecular weight excluding hydrogens is 274 g/mol. The number of unbranched alkanes of at least 4 members (excludes halogenated alkanes) is 1. The summed E-state index contributed by atoms with van der Waals surface area (Å²) in [7, 11) is 0. The third-order valence-corrected chi connectivity index (χ3v) is 3.42.